The van der Waals surface area contributed by atoms with E-state index in [0.717, 1.165) is 35.5 Å². The summed E-state index contributed by atoms with van der Waals surface area (Å²) in [5.41, 5.74) is 2.35. The molecule has 27 heavy (non-hydrogen) atoms. The predicted octanol–water partition coefficient (Wildman–Crippen LogP) is 4.24. The van der Waals surface area contributed by atoms with Gasteiger partial charge in [-0.05, 0) is 68.3 Å². The molecule has 5 heteroatoms. The van der Waals surface area contributed by atoms with Crippen molar-refractivity contribution in [3.05, 3.63) is 51.7 Å². The third-order valence-electron chi connectivity index (χ3n) is 6.05. The number of aryl methyl sites for hydroxylation is 1. The maximum atomic E-state index is 12.6. The first-order valence-corrected chi connectivity index (χ1v) is 10.8. The van der Waals surface area contributed by atoms with Crippen molar-refractivity contribution in [2.45, 2.75) is 63.8 Å². The molecule has 3 heterocycles. The average molecular weight is 385 g/mol. The smallest absolute Gasteiger partial charge is 0.261 e. The van der Waals surface area contributed by atoms with Crippen LogP contribution in [0, 0.1) is 0 Å². The lowest BCUT2D eigenvalue weighted by atomic mass is 9.98. The van der Waals surface area contributed by atoms with Gasteiger partial charge in [0.2, 0.25) is 0 Å². The summed E-state index contributed by atoms with van der Waals surface area (Å²) in [7, 11) is 2.22. The highest BCUT2D eigenvalue weighted by Gasteiger charge is 2.38. The normalized spacial score (nSPS) is 24.7. The van der Waals surface area contributed by atoms with Crippen LogP contribution in [0.3, 0.4) is 0 Å². The van der Waals surface area contributed by atoms with Gasteiger partial charge in [0, 0.05) is 23.7 Å². The zero-order valence-corrected chi connectivity index (χ0v) is 16.9. The van der Waals surface area contributed by atoms with Gasteiger partial charge < -0.3 is 15.0 Å². The van der Waals surface area contributed by atoms with E-state index in [9.17, 15) is 4.79 Å². The highest BCUT2D eigenvalue weighted by atomic mass is 32.1. The van der Waals surface area contributed by atoms with Crippen LogP contribution in [-0.2, 0) is 13.0 Å². The molecule has 0 aliphatic carbocycles. The number of amides is 1. The second kappa shape index (κ2) is 8.03. The van der Waals surface area contributed by atoms with Crippen molar-refractivity contribution in [3.8, 4) is 5.75 Å². The van der Waals surface area contributed by atoms with Crippen molar-refractivity contribution in [1.29, 1.82) is 0 Å². The van der Waals surface area contributed by atoms with Gasteiger partial charge in [-0.3, -0.25) is 4.79 Å². The number of benzene rings is 1. The monoisotopic (exact) mass is 384 g/mol. The number of fused-ring (bicyclic) bond motifs is 2. The standard InChI is InChI=1S/C22H28N2O2S/c1-3-15-4-8-20(9-5-15)26-13-16-10-21(27-14-16)22(25)23-17-11-18-6-7-19(12-17)24(18)2/h4-5,8-10,14,17-19H,3,6-7,11-13H2,1-2H3,(H,23,25). The number of carbonyl (C=O) groups excluding carboxylic acids is 1. The second-order valence-corrected chi connectivity index (χ2v) is 8.71. The summed E-state index contributed by atoms with van der Waals surface area (Å²) in [6.07, 6.45) is 5.73. The van der Waals surface area contributed by atoms with E-state index in [1.807, 2.05) is 23.6 Å². The van der Waals surface area contributed by atoms with Gasteiger partial charge in [-0.15, -0.1) is 11.3 Å². The van der Waals surface area contributed by atoms with Gasteiger partial charge in [-0.1, -0.05) is 19.1 Å². The van der Waals surface area contributed by atoms with E-state index in [2.05, 4.69) is 36.3 Å². The zero-order valence-electron chi connectivity index (χ0n) is 16.1. The molecule has 0 spiro atoms. The first-order chi connectivity index (χ1) is 13.1. The highest BCUT2D eigenvalue weighted by Crippen LogP contribution is 2.34. The number of rotatable bonds is 6. The van der Waals surface area contributed by atoms with E-state index in [1.165, 1.54) is 29.7 Å². The maximum absolute atomic E-state index is 12.6. The summed E-state index contributed by atoms with van der Waals surface area (Å²) in [6.45, 7) is 2.64. The van der Waals surface area contributed by atoms with E-state index >= 15 is 0 Å². The van der Waals surface area contributed by atoms with Crippen LogP contribution in [-0.4, -0.2) is 36.0 Å². The average Bonchev–Trinajstić information content (AvgIpc) is 3.22. The fourth-order valence-corrected chi connectivity index (χ4v) is 5.14. The van der Waals surface area contributed by atoms with E-state index in [0.29, 0.717) is 24.7 Å². The van der Waals surface area contributed by atoms with Crippen molar-refractivity contribution in [2.24, 2.45) is 0 Å². The molecule has 144 valence electrons. The Kier molecular flexibility index (Phi) is 5.50. The molecular weight excluding hydrogens is 356 g/mol. The minimum Gasteiger partial charge on any atom is -0.489 e. The number of hydrogen-bond donors (Lipinski definition) is 1. The Bertz CT molecular complexity index is 772. The third-order valence-corrected chi connectivity index (χ3v) is 7.03. The van der Waals surface area contributed by atoms with Gasteiger partial charge >= 0.3 is 0 Å². The van der Waals surface area contributed by atoms with Gasteiger partial charge in [0.05, 0.1) is 4.88 Å². The van der Waals surface area contributed by atoms with E-state index in [-0.39, 0.29) is 5.91 Å². The van der Waals surface area contributed by atoms with Crippen LogP contribution < -0.4 is 10.1 Å². The number of thiophene rings is 1. The fourth-order valence-electron chi connectivity index (χ4n) is 4.34. The molecule has 1 amide bonds. The van der Waals surface area contributed by atoms with E-state index < -0.39 is 0 Å². The van der Waals surface area contributed by atoms with Gasteiger partial charge in [0.25, 0.3) is 5.91 Å². The lowest BCUT2D eigenvalue weighted by Gasteiger charge is -2.36. The summed E-state index contributed by atoms with van der Waals surface area (Å²) >= 11 is 1.50. The second-order valence-electron chi connectivity index (χ2n) is 7.80. The molecule has 2 unspecified atom stereocenters. The van der Waals surface area contributed by atoms with Crippen LogP contribution >= 0.6 is 11.3 Å². The lowest BCUT2D eigenvalue weighted by molar-refractivity contribution is 0.0886. The summed E-state index contributed by atoms with van der Waals surface area (Å²) in [4.78, 5) is 15.9. The number of piperidine rings is 1. The molecule has 2 fully saturated rings. The minimum atomic E-state index is 0.0625. The number of ether oxygens (including phenoxy) is 1. The highest BCUT2D eigenvalue weighted by molar-refractivity contribution is 7.12. The Balaban J connectivity index is 1.30. The van der Waals surface area contributed by atoms with Crippen molar-refractivity contribution >= 4 is 17.2 Å². The molecule has 2 aliphatic rings. The van der Waals surface area contributed by atoms with E-state index in [4.69, 9.17) is 4.74 Å². The van der Waals surface area contributed by atoms with Gasteiger partial charge in [0.15, 0.2) is 0 Å². The molecule has 0 radical (unpaired) electrons. The van der Waals surface area contributed by atoms with Crippen LogP contribution in [0.25, 0.3) is 0 Å². The molecule has 2 atom stereocenters. The number of carbonyl (C=O) groups is 1. The SMILES string of the molecule is CCc1ccc(OCc2csc(C(=O)NC3CC4CCC(C3)N4C)c2)cc1. The first kappa shape index (κ1) is 18.5. The Morgan fingerprint density at radius 2 is 1.89 bits per heavy atom. The number of nitrogens with zero attached hydrogens (tertiary/aromatic N) is 1. The molecule has 0 saturated carbocycles. The van der Waals surface area contributed by atoms with Crippen LogP contribution in [0.1, 0.15) is 53.4 Å². The Hall–Kier alpha value is -1.85. The Labute approximate surface area is 165 Å². The minimum absolute atomic E-state index is 0.0625. The Morgan fingerprint density at radius 3 is 2.56 bits per heavy atom. The van der Waals surface area contributed by atoms with Crippen molar-refractivity contribution in [3.63, 3.8) is 0 Å². The van der Waals surface area contributed by atoms with Gasteiger partial charge in [0.1, 0.15) is 12.4 Å². The molecule has 4 nitrogen and oxygen atoms in total. The molecule has 2 saturated heterocycles. The first-order valence-electron chi connectivity index (χ1n) is 9.94. The van der Waals surface area contributed by atoms with Gasteiger partial charge in [-0.25, -0.2) is 0 Å². The molecule has 1 aromatic carbocycles. The van der Waals surface area contributed by atoms with Crippen molar-refractivity contribution < 1.29 is 9.53 Å². The maximum Gasteiger partial charge on any atom is 0.261 e. The van der Waals surface area contributed by atoms with Gasteiger partial charge in [-0.2, -0.15) is 0 Å². The largest absolute Gasteiger partial charge is 0.489 e. The number of hydrogen-bond acceptors (Lipinski definition) is 4. The molecule has 1 N–H and O–H groups in total. The summed E-state index contributed by atoms with van der Waals surface area (Å²) in [5, 5.41) is 5.28. The summed E-state index contributed by atoms with van der Waals surface area (Å²) in [5.74, 6) is 0.929. The van der Waals surface area contributed by atoms with Crippen LogP contribution in [0.4, 0.5) is 0 Å². The summed E-state index contributed by atoms with van der Waals surface area (Å²) < 4.78 is 5.85. The molecule has 2 aromatic rings. The molecule has 1 aromatic heterocycles. The van der Waals surface area contributed by atoms with Crippen LogP contribution in [0.5, 0.6) is 5.75 Å². The zero-order chi connectivity index (χ0) is 18.8. The van der Waals surface area contributed by atoms with E-state index in [1.54, 1.807) is 0 Å². The van der Waals surface area contributed by atoms with Crippen LogP contribution in [0.15, 0.2) is 35.7 Å². The number of nitrogens with one attached hydrogen (secondary N) is 1. The Morgan fingerprint density at radius 1 is 1.19 bits per heavy atom. The topological polar surface area (TPSA) is 41.6 Å². The fraction of sp³-hybridized carbons (Fsp3) is 0.500. The molecule has 4 rings (SSSR count). The third kappa shape index (κ3) is 4.19. The van der Waals surface area contributed by atoms with Crippen molar-refractivity contribution in [2.75, 3.05) is 7.05 Å². The predicted molar refractivity (Wildman–Crippen MR) is 110 cm³/mol. The summed E-state index contributed by atoms with van der Waals surface area (Å²) in [6, 6.07) is 11.8. The quantitative estimate of drug-likeness (QED) is 0.810. The molecular formula is C22H28N2O2S. The lowest BCUT2D eigenvalue weighted by Crippen LogP contribution is -2.48. The molecule has 2 bridgehead atoms. The van der Waals surface area contributed by atoms with Crippen LogP contribution in [0.2, 0.25) is 0 Å². The molecule has 2 aliphatic heterocycles. The van der Waals surface area contributed by atoms with Crippen molar-refractivity contribution in [1.82, 2.24) is 10.2 Å².